The second kappa shape index (κ2) is 6.54. The zero-order valence-electron chi connectivity index (χ0n) is 10.0. The van der Waals surface area contributed by atoms with E-state index in [-0.39, 0.29) is 13.1 Å². The van der Waals surface area contributed by atoms with Crippen LogP contribution in [0.4, 0.5) is 13.2 Å². The van der Waals surface area contributed by atoms with Gasteiger partial charge in [-0.2, -0.15) is 13.2 Å². The van der Waals surface area contributed by atoms with E-state index in [1.807, 2.05) is 24.3 Å². The predicted molar refractivity (Wildman–Crippen MR) is 69.1 cm³/mol. The molecule has 102 valence electrons. The molecule has 0 aliphatic rings. The van der Waals surface area contributed by atoms with Gasteiger partial charge in [-0.25, -0.2) is 0 Å². The fourth-order valence-corrected chi connectivity index (χ4v) is 2.08. The average Bonchev–Trinajstić information content (AvgIpc) is 2.27. The summed E-state index contributed by atoms with van der Waals surface area (Å²) < 4.78 is 38.6. The van der Waals surface area contributed by atoms with Gasteiger partial charge in [0.2, 0.25) is 0 Å². The monoisotopic (exact) mass is 324 g/mol. The first-order valence-corrected chi connectivity index (χ1v) is 6.32. The van der Waals surface area contributed by atoms with Gasteiger partial charge < -0.3 is 10.6 Å². The first-order chi connectivity index (χ1) is 8.34. The molecule has 0 aromatic heterocycles. The molecular formula is C12H16BrF3N2. The highest BCUT2D eigenvalue weighted by Crippen LogP contribution is 2.26. The minimum atomic E-state index is -4.24. The lowest BCUT2D eigenvalue weighted by Crippen LogP contribution is -2.39. The normalized spacial score (nSPS) is 13.9. The predicted octanol–water partition coefficient (Wildman–Crippen LogP) is 3.02. The van der Waals surface area contributed by atoms with Crippen LogP contribution < -0.4 is 5.73 Å². The standard InChI is InChI=1S/C12H16BrF3N2/c1-18(8-10(6-17)12(14,15)16)7-9-4-2-3-5-11(9)13/h2-5,10H,6-8,17H2,1H3. The van der Waals surface area contributed by atoms with Crippen molar-refractivity contribution >= 4 is 15.9 Å². The Hall–Kier alpha value is -0.590. The summed E-state index contributed by atoms with van der Waals surface area (Å²) in [4.78, 5) is 1.63. The van der Waals surface area contributed by atoms with Gasteiger partial charge in [-0.15, -0.1) is 0 Å². The van der Waals surface area contributed by atoms with Crippen molar-refractivity contribution in [3.05, 3.63) is 34.3 Å². The van der Waals surface area contributed by atoms with Crippen LogP contribution in [0.5, 0.6) is 0 Å². The molecule has 0 spiro atoms. The quantitative estimate of drug-likeness (QED) is 0.902. The van der Waals surface area contributed by atoms with E-state index < -0.39 is 12.1 Å². The molecule has 1 unspecified atom stereocenters. The zero-order valence-corrected chi connectivity index (χ0v) is 11.6. The van der Waals surface area contributed by atoms with E-state index in [9.17, 15) is 13.2 Å². The third-order valence-electron chi connectivity index (χ3n) is 2.68. The Balaban J connectivity index is 2.61. The van der Waals surface area contributed by atoms with E-state index in [0.717, 1.165) is 10.0 Å². The van der Waals surface area contributed by atoms with E-state index in [4.69, 9.17) is 5.73 Å². The minimum Gasteiger partial charge on any atom is -0.330 e. The molecular weight excluding hydrogens is 309 g/mol. The summed E-state index contributed by atoms with van der Waals surface area (Å²) >= 11 is 3.37. The van der Waals surface area contributed by atoms with E-state index >= 15 is 0 Å². The van der Waals surface area contributed by atoms with Crippen molar-refractivity contribution in [2.24, 2.45) is 11.7 Å². The van der Waals surface area contributed by atoms with Crippen LogP contribution in [0.2, 0.25) is 0 Å². The van der Waals surface area contributed by atoms with Crippen molar-refractivity contribution in [3.8, 4) is 0 Å². The van der Waals surface area contributed by atoms with Crippen molar-refractivity contribution < 1.29 is 13.2 Å². The molecule has 1 aromatic rings. The van der Waals surface area contributed by atoms with Crippen molar-refractivity contribution in [3.63, 3.8) is 0 Å². The SMILES string of the molecule is CN(Cc1ccccc1Br)CC(CN)C(F)(F)F. The molecule has 2 nitrogen and oxygen atoms in total. The Morgan fingerprint density at radius 2 is 1.94 bits per heavy atom. The molecule has 0 fully saturated rings. The Morgan fingerprint density at radius 3 is 2.44 bits per heavy atom. The molecule has 1 rings (SSSR count). The first-order valence-electron chi connectivity index (χ1n) is 5.53. The second-order valence-corrected chi connectivity index (χ2v) is 5.12. The number of alkyl halides is 3. The molecule has 0 bridgehead atoms. The van der Waals surface area contributed by atoms with E-state index in [2.05, 4.69) is 15.9 Å². The minimum absolute atomic E-state index is 0.0959. The van der Waals surface area contributed by atoms with Gasteiger partial charge in [-0.1, -0.05) is 34.1 Å². The molecule has 2 N–H and O–H groups in total. The van der Waals surface area contributed by atoms with Gasteiger partial charge in [0.25, 0.3) is 0 Å². The summed E-state index contributed by atoms with van der Waals surface area (Å²) in [6.07, 6.45) is -4.24. The second-order valence-electron chi connectivity index (χ2n) is 4.26. The first kappa shape index (κ1) is 15.5. The van der Waals surface area contributed by atoms with Crippen LogP contribution in [0.3, 0.4) is 0 Å². The van der Waals surface area contributed by atoms with Crippen LogP contribution >= 0.6 is 15.9 Å². The highest BCUT2D eigenvalue weighted by molar-refractivity contribution is 9.10. The zero-order chi connectivity index (χ0) is 13.8. The van der Waals surface area contributed by atoms with E-state index in [1.54, 1.807) is 11.9 Å². The third kappa shape index (κ3) is 4.59. The van der Waals surface area contributed by atoms with Crippen LogP contribution in [-0.2, 0) is 6.54 Å². The number of hydrogen-bond donors (Lipinski definition) is 1. The number of nitrogens with zero attached hydrogens (tertiary/aromatic N) is 1. The van der Waals surface area contributed by atoms with Gasteiger partial charge in [-0.3, -0.25) is 0 Å². The van der Waals surface area contributed by atoms with Gasteiger partial charge in [0, 0.05) is 24.1 Å². The fraction of sp³-hybridized carbons (Fsp3) is 0.500. The smallest absolute Gasteiger partial charge is 0.330 e. The largest absolute Gasteiger partial charge is 0.394 e. The average molecular weight is 325 g/mol. The molecule has 0 saturated carbocycles. The number of hydrogen-bond acceptors (Lipinski definition) is 2. The lowest BCUT2D eigenvalue weighted by atomic mass is 10.1. The maximum atomic E-state index is 12.6. The van der Waals surface area contributed by atoms with Crippen LogP contribution in [0.25, 0.3) is 0 Å². The maximum Gasteiger partial charge on any atom is 0.394 e. The summed E-state index contributed by atoms with van der Waals surface area (Å²) in [5.74, 6) is -1.48. The van der Waals surface area contributed by atoms with Gasteiger partial charge in [0.15, 0.2) is 0 Å². The lowest BCUT2D eigenvalue weighted by molar-refractivity contribution is -0.175. The van der Waals surface area contributed by atoms with Crippen LogP contribution in [0.15, 0.2) is 28.7 Å². The Labute approximate surface area is 113 Å². The number of nitrogens with two attached hydrogens (primary N) is 1. The summed E-state index contributed by atoms with van der Waals surface area (Å²) in [6.45, 7) is -0.0286. The molecule has 1 aromatic carbocycles. The lowest BCUT2D eigenvalue weighted by Gasteiger charge is -2.25. The molecule has 0 aliphatic heterocycles. The summed E-state index contributed by atoms with van der Waals surface area (Å²) in [5, 5.41) is 0. The van der Waals surface area contributed by atoms with Crippen molar-refractivity contribution in [2.45, 2.75) is 12.7 Å². The maximum absolute atomic E-state index is 12.6. The molecule has 18 heavy (non-hydrogen) atoms. The molecule has 6 heteroatoms. The van der Waals surface area contributed by atoms with Crippen molar-refractivity contribution in [1.29, 1.82) is 0 Å². The highest BCUT2D eigenvalue weighted by atomic mass is 79.9. The third-order valence-corrected chi connectivity index (χ3v) is 3.45. The summed E-state index contributed by atoms with van der Waals surface area (Å²) in [6, 6.07) is 7.48. The Bertz CT molecular complexity index is 382. The summed E-state index contributed by atoms with van der Waals surface area (Å²) in [7, 11) is 1.66. The van der Waals surface area contributed by atoms with Crippen LogP contribution in [0.1, 0.15) is 5.56 Å². The fourth-order valence-electron chi connectivity index (χ4n) is 1.67. The molecule has 0 aliphatic carbocycles. The number of halogens is 4. The van der Waals surface area contributed by atoms with Gasteiger partial charge >= 0.3 is 6.18 Å². The molecule has 1 atom stereocenters. The highest BCUT2D eigenvalue weighted by Gasteiger charge is 2.38. The van der Waals surface area contributed by atoms with Gasteiger partial charge in [0.1, 0.15) is 0 Å². The molecule has 0 radical (unpaired) electrons. The molecule has 0 saturated heterocycles. The molecule has 0 amide bonds. The van der Waals surface area contributed by atoms with Crippen molar-refractivity contribution in [2.75, 3.05) is 20.1 Å². The Kier molecular flexibility index (Phi) is 5.62. The number of benzene rings is 1. The van der Waals surface area contributed by atoms with Crippen LogP contribution in [0, 0.1) is 5.92 Å². The van der Waals surface area contributed by atoms with Gasteiger partial charge in [-0.05, 0) is 18.7 Å². The van der Waals surface area contributed by atoms with E-state index in [0.29, 0.717) is 6.54 Å². The van der Waals surface area contributed by atoms with Crippen molar-refractivity contribution in [1.82, 2.24) is 4.90 Å². The van der Waals surface area contributed by atoms with Gasteiger partial charge in [0.05, 0.1) is 5.92 Å². The topological polar surface area (TPSA) is 29.3 Å². The number of rotatable bonds is 5. The molecule has 0 heterocycles. The van der Waals surface area contributed by atoms with E-state index in [1.165, 1.54) is 0 Å². The van der Waals surface area contributed by atoms with Crippen LogP contribution in [-0.4, -0.2) is 31.2 Å². The summed E-state index contributed by atoms with van der Waals surface area (Å²) in [5.41, 5.74) is 6.13. The Morgan fingerprint density at radius 1 is 1.33 bits per heavy atom.